The number of hydrogen-bond donors (Lipinski definition) is 3. The molecule has 2 unspecified atom stereocenters. The third kappa shape index (κ3) is 8.38. The van der Waals surface area contributed by atoms with Gasteiger partial charge in [-0.1, -0.05) is 36.4 Å². The molecular formula is C34H40N6O2. The molecule has 2 fully saturated rings. The van der Waals surface area contributed by atoms with Crippen LogP contribution in [-0.4, -0.2) is 41.1 Å². The van der Waals surface area contributed by atoms with Crippen LogP contribution in [0.2, 0.25) is 0 Å². The number of carbonyl (C=O) groups is 1. The summed E-state index contributed by atoms with van der Waals surface area (Å²) in [4.78, 5) is 23.1. The van der Waals surface area contributed by atoms with Gasteiger partial charge in [-0.3, -0.25) is 14.9 Å². The minimum Gasteiger partial charge on any atom is -0.497 e. The summed E-state index contributed by atoms with van der Waals surface area (Å²) < 4.78 is 5.15. The fraction of sp³-hybridized carbons (Fsp3) is 0.324. The lowest BCUT2D eigenvalue weighted by molar-refractivity contribution is 0.248. The lowest BCUT2D eigenvalue weighted by Gasteiger charge is -2.24. The number of nitrogens with zero attached hydrogens (tertiary/aromatic N) is 3. The Morgan fingerprint density at radius 1 is 0.905 bits per heavy atom. The summed E-state index contributed by atoms with van der Waals surface area (Å²) in [7, 11) is 1.64. The second kappa shape index (κ2) is 15.1. The number of rotatable bonds is 8. The maximum atomic E-state index is 12.2. The molecule has 0 bridgehead atoms. The van der Waals surface area contributed by atoms with Crippen LogP contribution in [0, 0.1) is 0 Å². The van der Waals surface area contributed by atoms with Crippen molar-refractivity contribution in [2.75, 3.05) is 25.5 Å². The average molecular weight is 565 g/mol. The van der Waals surface area contributed by atoms with Gasteiger partial charge in [-0.05, 0) is 97.4 Å². The van der Waals surface area contributed by atoms with Crippen molar-refractivity contribution < 1.29 is 9.53 Å². The molecule has 4 aromatic rings. The quantitative estimate of drug-likeness (QED) is 0.234. The van der Waals surface area contributed by atoms with E-state index in [9.17, 15) is 4.79 Å². The average Bonchev–Trinajstić information content (AvgIpc) is 3.76. The van der Waals surface area contributed by atoms with Crippen molar-refractivity contribution in [3.63, 3.8) is 0 Å². The van der Waals surface area contributed by atoms with Crippen LogP contribution in [0.3, 0.4) is 0 Å². The smallest absolute Gasteiger partial charge is 0.319 e. The zero-order valence-corrected chi connectivity index (χ0v) is 24.2. The van der Waals surface area contributed by atoms with Crippen LogP contribution in [0.25, 0.3) is 0 Å². The largest absolute Gasteiger partial charge is 0.497 e. The molecule has 2 aliphatic rings. The lowest BCUT2D eigenvalue weighted by atomic mass is 10.1. The van der Waals surface area contributed by atoms with E-state index in [1.165, 1.54) is 42.4 Å². The van der Waals surface area contributed by atoms with E-state index in [1.807, 2.05) is 73.3 Å². The minimum absolute atomic E-state index is 0.222. The molecule has 2 aliphatic heterocycles. The molecule has 3 N–H and O–H groups in total. The maximum absolute atomic E-state index is 12.2. The third-order valence-electron chi connectivity index (χ3n) is 7.79. The number of nitrogens with one attached hydrogen (secondary N) is 3. The van der Waals surface area contributed by atoms with Gasteiger partial charge < -0.3 is 20.7 Å². The first-order chi connectivity index (χ1) is 20.7. The number of methoxy groups -OCH3 is 1. The molecule has 8 nitrogen and oxygen atoms in total. The van der Waals surface area contributed by atoms with Gasteiger partial charge in [-0.15, -0.1) is 0 Å². The highest BCUT2D eigenvalue weighted by Gasteiger charge is 2.26. The van der Waals surface area contributed by atoms with E-state index in [-0.39, 0.29) is 6.03 Å². The number of aromatic nitrogens is 2. The molecule has 4 heterocycles. The van der Waals surface area contributed by atoms with Crippen molar-refractivity contribution in [1.82, 2.24) is 25.5 Å². The van der Waals surface area contributed by atoms with Gasteiger partial charge in [0.2, 0.25) is 0 Å². The number of urea groups is 1. The normalized spacial score (nSPS) is 18.1. The highest BCUT2D eigenvalue weighted by molar-refractivity contribution is 5.89. The molecule has 0 aliphatic carbocycles. The molecule has 0 radical (unpaired) electrons. The predicted molar refractivity (Wildman–Crippen MR) is 166 cm³/mol. The Morgan fingerprint density at radius 3 is 2.26 bits per heavy atom. The number of amides is 2. The third-order valence-corrected chi connectivity index (χ3v) is 7.79. The monoisotopic (exact) mass is 564 g/mol. The number of carbonyl (C=O) groups excluding carboxylic acids is 1. The zero-order valence-electron chi connectivity index (χ0n) is 24.2. The standard InChI is InChI=1S/C25H28N4O2.C9H12N2/c1-31-23-12-8-19(9-13-23)16-27-25(30)28-22-10-6-20(7-11-22)18-29-15-3-5-24(29)21-4-2-14-26-17-21;1-3-8(7-10-5-1)9-4-2-6-11-9/h2,4,6-14,17,24H,3,5,15-16,18H2,1H3,(H2,27,28,30);1,3,5,7,9,11H,2,4,6H2. The Hall–Kier alpha value is -4.27. The highest BCUT2D eigenvalue weighted by Crippen LogP contribution is 2.32. The Morgan fingerprint density at radius 2 is 1.62 bits per heavy atom. The Bertz CT molecular complexity index is 1360. The van der Waals surface area contributed by atoms with E-state index in [0.29, 0.717) is 18.6 Å². The molecule has 42 heavy (non-hydrogen) atoms. The van der Waals surface area contributed by atoms with Gasteiger partial charge in [0.05, 0.1) is 7.11 Å². The van der Waals surface area contributed by atoms with Crippen molar-refractivity contribution in [2.24, 2.45) is 0 Å². The van der Waals surface area contributed by atoms with Gasteiger partial charge in [-0.25, -0.2) is 4.79 Å². The fourth-order valence-corrected chi connectivity index (χ4v) is 5.55. The van der Waals surface area contributed by atoms with E-state index in [2.05, 4.69) is 55.1 Å². The second-order valence-corrected chi connectivity index (χ2v) is 10.7. The Balaban J connectivity index is 0.000000267. The van der Waals surface area contributed by atoms with Crippen molar-refractivity contribution in [3.05, 3.63) is 120 Å². The summed E-state index contributed by atoms with van der Waals surface area (Å²) in [6.07, 6.45) is 12.5. The summed E-state index contributed by atoms with van der Waals surface area (Å²) >= 11 is 0. The number of benzene rings is 2. The first kappa shape index (κ1) is 29.2. The lowest BCUT2D eigenvalue weighted by Crippen LogP contribution is -2.28. The highest BCUT2D eigenvalue weighted by atomic mass is 16.5. The molecule has 0 spiro atoms. The van der Waals surface area contributed by atoms with Crippen molar-refractivity contribution in [1.29, 1.82) is 0 Å². The number of pyridine rings is 2. The van der Waals surface area contributed by atoms with E-state index < -0.39 is 0 Å². The van der Waals surface area contributed by atoms with Crippen LogP contribution in [0.15, 0.2) is 97.6 Å². The fourth-order valence-electron chi connectivity index (χ4n) is 5.55. The van der Waals surface area contributed by atoms with E-state index in [0.717, 1.165) is 36.6 Å². The number of likely N-dealkylation sites (tertiary alicyclic amines) is 1. The van der Waals surface area contributed by atoms with Crippen LogP contribution in [0.4, 0.5) is 10.5 Å². The SMILES string of the molecule is COc1ccc(CNC(=O)Nc2ccc(CN3CCCC3c3cccnc3)cc2)cc1.c1cncc(C2CCCN2)c1. The van der Waals surface area contributed by atoms with Crippen LogP contribution in [-0.2, 0) is 13.1 Å². The summed E-state index contributed by atoms with van der Waals surface area (Å²) in [5.41, 5.74) is 5.64. The molecule has 0 saturated carbocycles. The molecule has 2 aromatic carbocycles. The Kier molecular flexibility index (Phi) is 10.5. The van der Waals surface area contributed by atoms with Crippen LogP contribution in [0.1, 0.15) is 60.0 Å². The molecule has 6 rings (SSSR count). The van der Waals surface area contributed by atoms with Gasteiger partial charge >= 0.3 is 6.03 Å². The van der Waals surface area contributed by atoms with Gasteiger partial charge in [0, 0.05) is 55.6 Å². The van der Waals surface area contributed by atoms with Gasteiger partial charge in [0.15, 0.2) is 0 Å². The van der Waals surface area contributed by atoms with Gasteiger partial charge in [0.1, 0.15) is 5.75 Å². The molecular weight excluding hydrogens is 524 g/mol. The molecule has 2 saturated heterocycles. The Labute approximate surface area is 248 Å². The number of hydrogen-bond acceptors (Lipinski definition) is 6. The molecule has 8 heteroatoms. The predicted octanol–water partition coefficient (Wildman–Crippen LogP) is 6.26. The zero-order chi connectivity index (χ0) is 29.0. The number of anilines is 1. The first-order valence-electron chi connectivity index (χ1n) is 14.7. The second-order valence-electron chi connectivity index (χ2n) is 10.7. The molecule has 2 atom stereocenters. The van der Waals surface area contributed by atoms with Crippen molar-refractivity contribution in [2.45, 2.75) is 50.9 Å². The summed E-state index contributed by atoms with van der Waals surface area (Å²) in [6, 6.07) is 24.8. The van der Waals surface area contributed by atoms with E-state index in [4.69, 9.17) is 4.74 Å². The minimum atomic E-state index is -0.222. The van der Waals surface area contributed by atoms with Crippen LogP contribution in [0.5, 0.6) is 5.75 Å². The topological polar surface area (TPSA) is 91.4 Å². The summed E-state index contributed by atoms with van der Waals surface area (Å²) in [5.74, 6) is 0.800. The van der Waals surface area contributed by atoms with Crippen molar-refractivity contribution >= 4 is 11.7 Å². The van der Waals surface area contributed by atoms with E-state index in [1.54, 1.807) is 7.11 Å². The van der Waals surface area contributed by atoms with Gasteiger partial charge in [-0.2, -0.15) is 0 Å². The number of ether oxygens (including phenoxy) is 1. The first-order valence-corrected chi connectivity index (χ1v) is 14.7. The van der Waals surface area contributed by atoms with E-state index >= 15 is 0 Å². The van der Waals surface area contributed by atoms with Crippen LogP contribution >= 0.6 is 0 Å². The molecule has 218 valence electrons. The van der Waals surface area contributed by atoms with Gasteiger partial charge in [0.25, 0.3) is 0 Å². The summed E-state index contributed by atoms with van der Waals surface area (Å²) in [6.45, 7) is 3.59. The molecule has 2 aromatic heterocycles. The van der Waals surface area contributed by atoms with Crippen LogP contribution < -0.4 is 20.7 Å². The van der Waals surface area contributed by atoms with Crippen molar-refractivity contribution in [3.8, 4) is 5.75 Å². The maximum Gasteiger partial charge on any atom is 0.319 e. The molecule has 2 amide bonds. The summed E-state index contributed by atoms with van der Waals surface area (Å²) in [5, 5.41) is 9.20.